The first-order valence-electron chi connectivity index (χ1n) is 10.5. The predicted molar refractivity (Wildman–Crippen MR) is 118 cm³/mol. The fourth-order valence-electron chi connectivity index (χ4n) is 5.07. The number of methoxy groups -OCH3 is 2. The topological polar surface area (TPSA) is 82.1 Å². The Hall–Kier alpha value is -4.13. The Morgan fingerprint density at radius 2 is 1.30 bits per heavy atom. The van der Waals surface area contributed by atoms with E-state index < -0.39 is 35.7 Å². The molecule has 1 aliphatic carbocycles. The highest BCUT2D eigenvalue weighted by Gasteiger charge is 2.62. The highest BCUT2D eigenvalue weighted by molar-refractivity contribution is 5.96. The van der Waals surface area contributed by atoms with Gasteiger partial charge in [0.05, 0.1) is 14.2 Å². The van der Waals surface area contributed by atoms with Crippen molar-refractivity contribution in [2.45, 2.75) is 17.7 Å². The van der Waals surface area contributed by atoms with Crippen molar-refractivity contribution in [1.82, 2.24) is 4.90 Å². The number of fused-ring (bicyclic) bond motifs is 3. The average molecular weight is 443 g/mol. The van der Waals surface area contributed by atoms with Gasteiger partial charge in [0.1, 0.15) is 5.54 Å². The van der Waals surface area contributed by atoms with Gasteiger partial charge < -0.3 is 14.2 Å². The van der Waals surface area contributed by atoms with Crippen molar-refractivity contribution in [2.24, 2.45) is 0 Å². The molecule has 2 atom stereocenters. The molecule has 5 rings (SSSR count). The summed E-state index contributed by atoms with van der Waals surface area (Å²) in [6.45, 7) is 0. The number of hydrogen-bond donors (Lipinski definition) is 0. The van der Waals surface area contributed by atoms with E-state index in [4.69, 9.17) is 14.2 Å². The molecule has 0 radical (unpaired) electrons. The van der Waals surface area contributed by atoms with Gasteiger partial charge in [-0.15, -0.1) is 0 Å². The van der Waals surface area contributed by atoms with Crippen LogP contribution in [-0.2, 0) is 29.3 Å². The molecule has 7 heteroatoms. The lowest BCUT2D eigenvalue weighted by molar-refractivity contribution is -0.158. The number of carbonyl (C=O) groups excluding carboxylic acids is 3. The van der Waals surface area contributed by atoms with Crippen molar-refractivity contribution >= 4 is 18.0 Å². The molecule has 0 bridgehead atoms. The number of carbonyl (C=O) groups is 3. The van der Waals surface area contributed by atoms with Crippen LogP contribution < -0.4 is 0 Å². The average Bonchev–Trinajstić information content (AvgIpc) is 3.36. The molecule has 33 heavy (non-hydrogen) atoms. The monoisotopic (exact) mass is 443 g/mol. The minimum Gasteiger partial charge on any atom is -0.467 e. The van der Waals surface area contributed by atoms with E-state index in [1.807, 2.05) is 78.9 Å². The maximum absolute atomic E-state index is 13.5. The van der Waals surface area contributed by atoms with Crippen LogP contribution in [0.1, 0.15) is 16.7 Å². The quantitative estimate of drug-likeness (QED) is 0.454. The van der Waals surface area contributed by atoms with Crippen LogP contribution in [0.5, 0.6) is 0 Å². The summed E-state index contributed by atoms with van der Waals surface area (Å²) in [7, 11) is 2.39. The molecule has 0 aromatic heterocycles. The summed E-state index contributed by atoms with van der Waals surface area (Å²) in [6.07, 6.45) is -2.27. The molecular formula is C26H21NO6. The van der Waals surface area contributed by atoms with Gasteiger partial charge in [0, 0.05) is 0 Å². The number of nitrogens with zero attached hydrogens (tertiary/aromatic N) is 1. The van der Waals surface area contributed by atoms with Crippen LogP contribution in [0.3, 0.4) is 0 Å². The van der Waals surface area contributed by atoms with Gasteiger partial charge in [0.2, 0.25) is 6.10 Å². The Bertz CT molecular complexity index is 1210. The van der Waals surface area contributed by atoms with Crippen molar-refractivity contribution in [3.63, 3.8) is 0 Å². The normalized spacial score (nSPS) is 19.9. The van der Waals surface area contributed by atoms with Crippen LogP contribution in [-0.4, -0.2) is 49.3 Å². The van der Waals surface area contributed by atoms with Crippen molar-refractivity contribution in [2.75, 3.05) is 14.2 Å². The summed E-state index contributed by atoms with van der Waals surface area (Å²) >= 11 is 0. The summed E-state index contributed by atoms with van der Waals surface area (Å²) in [5.41, 5.74) is 2.97. The SMILES string of the molecule is COC(=O)[C@H]1OC(=O)N(C2(c3ccccc3)c3ccccc3-c3ccccc32)[C@@H]1C(=O)OC. The molecule has 1 fully saturated rings. The van der Waals surface area contributed by atoms with Crippen molar-refractivity contribution in [3.8, 4) is 11.1 Å². The van der Waals surface area contributed by atoms with Crippen LogP contribution in [0.2, 0.25) is 0 Å². The van der Waals surface area contributed by atoms with E-state index in [0.29, 0.717) is 0 Å². The van der Waals surface area contributed by atoms with Crippen molar-refractivity contribution in [1.29, 1.82) is 0 Å². The molecule has 1 aliphatic heterocycles. The molecule has 0 spiro atoms. The maximum Gasteiger partial charge on any atom is 0.412 e. The number of rotatable bonds is 4. The number of esters is 2. The van der Waals surface area contributed by atoms with Gasteiger partial charge in [-0.3, -0.25) is 4.90 Å². The molecule has 0 N–H and O–H groups in total. The first-order valence-corrected chi connectivity index (χ1v) is 10.5. The van der Waals surface area contributed by atoms with Crippen molar-refractivity contribution < 1.29 is 28.6 Å². The van der Waals surface area contributed by atoms with E-state index in [9.17, 15) is 14.4 Å². The molecule has 3 aromatic rings. The fraction of sp³-hybridized carbons (Fsp3) is 0.192. The van der Waals surface area contributed by atoms with Gasteiger partial charge in [0.25, 0.3) is 0 Å². The summed E-state index contributed by atoms with van der Waals surface area (Å²) in [6, 6.07) is 23.5. The van der Waals surface area contributed by atoms with Gasteiger partial charge in [0.15, 0.2) is 6.04 Å². The van der Waals surface area contributed by atoms with Gasteiger partial charge in [-0.1, -0.05) is 78.9 Å². The van der Waals surface area contributed by atoms with Crippen LogP contribution in [0.4, 0.5) is 4.79 Å². The molecule has 2 aliphatic rings. The fourth-order valence-corrected chi connectivity index (χ4v) is 5.07. The van der Waals surface area contributed by atoms with Crippen LogP contribution in [0.15, 0.2) is 78.9 Å². The van der Waals surface area contributed by atoms with E-state index in [-0.39, 0.29) is 0 Å². The lowest BCUT2D eigenvalue weighted by Crippen LogP contribution is -2.56. The highest BCUT2D eigenvalue weighted by atomic mass is 16.6. The van der Waals surface area contributed by atoms with Gasteiger partial charge in [-0.2, -0.15) is 0 Å². The number of hydrogen-bond acceptors (Lipinski definition) is 6. The minimum atomic E-state index is -1.46. The van der Waals surface area contributed by atoms with E-state index >= 15 is 0 Å². The Balaban J connectivity index is 1.88. The Kier molecular flexibility index (Phi) is 4.89. The molecule has 1 amide bonds. The summed E-state index contributed by atoms with van der Waals surface area (Å²) in [4.78, 5) is 40.4. The number of ether oxygens (including phenoxy) is 3. The third-order valence-electron chi connectivity index (χ3n) is 6.34. The van der Waals surface area contributed by atoms with Gasteiger partial charge >= 0.3 is 18.0 Å². The Morgan fingerprint density at radius 1 is 0.788 bits per heavy atom. The Morgan fingerprint density at radius 3 is 1.85 bits per heavy atom. The minimum absolute atomic E-state index is 0.749. The number of cyclic esters (lactones) is 1. The summed E-state index contributed by atoms with van der Waals surface area (Å²) in [5, 5.41) is 0. The zero-order valence-corrected chi connectivity index (χ0v) is 18.1. The molecule has 7 nitrogen and oxygen atoms in total. The van der Waals surface area contributed by atoms with E-state index in [1.165, 1.54) is 19.1 Å². The zero-order valence-electron chi connectivity index (χ0n) is 18.1. The summed E-state index contributed by atoms with van der Waals surface area (Å²) < 4.78 is 15.3. The number of benzene rings is 3. The molecule has 1 saturated heterocycles. The zero-order chi connectivity index (χ0) is 23.2. The summed E-state index contributed by atoms with van der Waals surface area (Å²) in [5.74, 6) is -1.60. The number of amides is 1. The molecule has 0 saturated carbocycles. The third-order valence-corrected chi connectivity index (χ3v) is 6.34. The van der Waals surface area contributed by atoms with Crippen LogP contribution in [0.25, 0.3) is 11.1 Å². The first-order chi connectivity index (χ1) is 16.1. The maximum atomic E-state index is 13.5. The molecular weight excluding hydrogens is 422 g/mol. The van der Waals surface area contributed by atoms with E-state index in [2.05, 4.69) is 0 Å². The second-order valence-corrected chi connectivity index (χ2v) is 7.83. The second kappa shape index (κ2) is 7.78. The molecule has 166 valence electrons. The van der Waals surface area contributed by atoms with E-state index in [0.717, 1.165) is 27.8 Å². The van der Waals surface area contributed by atoms with Gasteiger partial charge in [-0.25, -0.2) is 14.4 Å². The second-order valence-electron chi connectivity index (χ2n) is 7.83. The first kappa shape index (κ1) is 20.8. The largest absolute Gasteiger partial charge is 0.467 e. The van der Waals surface area contributed by atoms with Crippen LogP contribution in [0, 0.1) is 0 Å². The molecule has 1 heterocycles. The van der Waals surface area contributed by atoms with Gasteiger partial charge in [-0.05, 0) is 27.8 Å². The molecule has 3 aromatic carbocycles. The van der Waals surface area contributed by atoms with E-state index in [1.54, 1.807) is 0 Å². The lowest BCUT2D eigenvalue weighted by atomic mass is 9.78. The Labute approximate surface area is 190 Å². The predicted octanol–water partition coefficient (Wildman–Crippen LogP) is 3.49. The molecule has 0 unspecified atom stereocenters. The standard InChI is InChI=1S/C26H21NO6/c1-31-23(28)21-22(24(29)32-2)33-25(30)27(21)26(16-10-4-3-5-11-16)19-14-8-6-12-17(19)18-13-7-9-15-20(18)26/h3-15,21-22H,1-2H3/t21-,22-/m0/s1. The highest BCUT2D eigenvalue weighted by Crippen LogP contribution is 2.56. The lowest BCUT2D eigenvalue weighted by Gasteiger charge is -2.42. The van der Waals surface area contributed by atoms with Crippen LogP contribution >= 0.6 is 0 Å². The van der Waals surface area contributed by atoms with Crippen molar-refractivity contribution in [3.05, 3.63) is 95.6 Å². The smallest absolute Gasteiger partial charge is 0.412 e. The third kappa shape index (κ3) is 2.78.